The number of aliphatic hydroxyl groups is 1. The number of benzene rings is 2. The lowest BCUT2D eigenvalue weighted by atomic mass is 9.62. The van der Waals surface area contributed by atoms with Crippen molar-refractivity contribution in [1.82, 2.24) is 9.71 Å². The van der Waals surface area contributed by atoms with Crippen LogP contribution in [0.1, 0.15) is 84.9 Å². The summed E-state index contributed by atoms with van der Waals surface area (Å²) in [6.07, 6.45) is 11.3. The van der Waals surface area contributed by atoms with Crippen molar-refractivity contribution in [3.05, 3.63) is 99.9 Å². The Balaban J connectivity index is 1.35. The molecule has 278 valence electrons. The second-order valence-corrected chi connectivity index (χ2v) is 17.6. The summed E-state index contributed by atoms with van der Waals surface area (Å²) >= 11 is 6.47. The Kier molecular flexibility index (Phi) is 10.2. The van der Waals surface area contributed by atoms with E-state index in [4.69, 9.17) is 25.8 Å². The molecule has 1 saturated carbocycles. The first kappa shape index (κ1) is 36.9. The second kappa shape index (κ2) is 14.4. The fourth-order valence-electron chi connectivity index (χ4n) is 8.75. The number of ether oxygens (including phenoxy) is 3. The monoisotopic (exact) mass is 749 g/mol. The zero-order valence-corrected chi connectivity index (χ0v) is 31.8. The highest BCUT2D eigenvalue weighted by molar-refractivity contribution is 7.90. The van der Waals surface area contributed by atoms with Gasteiger partial charge in [0.05, 0.1) is 17.5 Å². The topological polar surface area (TPSA) is 127 Å². The maximum Gasteiger partial charge on any atom is 0.264 e. The number of sulfonamides is 1. The Morgan fingerprint density at radius 3 is 2.65 bits per heavy atom. The smallest absolute Gasteiger partial charge is 0.264 e. The standard InChI is InChI=1S/C40H48ClN3O7S/c1-25-7-5-16-40(46,31-17-30(20-42-21-31)38(49-3)50-4)34-12-9-29(34)22-44-23-39(15-6-8-27-18-32(41)11-13-33(27)39)24-51-36-14-10-28(19-35(36)44)37(45)43-52(47,48)26(25)2/h5,10-11,13-14,16-21,25-26,29,34,38,46H,6-9,12,15,22-24H2,1-4H3,(H,43,45)/b16-5+/t25-,26+,29-,34+,39-,40-/m0/s1. The molecule has 2 N–H and O–H groups in total. The highest BCUT2D eigenvalue weighted by atomic mass is 35.5. The summed E-state index contributed by atoms with van der Waals surface area (Å²) in [6, 6.07) is 13.2. The third-order valence-electron chi connectivity index (χ3n) is 12.1. The Morgan fingerprint density at radius 1 is 1.10 bits per heavy atom. The minimum Gasteiger partial charge on any atom is -0.490 e. The number of halogens is 1. The van der Waals surface area contributed by atoms with Crippen molar-refractivity contribution in [3.63, 3.8) is 0 Å². The summed E-state index contributed by atoms with van der Waals surface area (Å²) in [5.74, 6) is -0.506. The molecule has 1 spiro atoms. The molecule has 2 aliphatic heterocycles. The Morgan fingerprint density at radius 2 is 1.90 bits per heavy atom. The molecule has 4 aliphatic rings. The first-order valence-corrected chi connectivity index (χ1v) is 20.1. The van der Waals surface area contributed by atoms with Gasteiger partial charge in [0.25, 0.3) is 5.91 Å². The van der Waals surface area contributed by atoms with Crippen LogP contribution in [0.5, 0.6) is 5.75 Å². The van der Waals surface area contributed by atoms with Gasteiger partial charge in [-0.3, -0.25) is 9.78 Å². The molecule has 1 amide bonds. The van der Waals surface area contributed by atoms with E-state index in [1.54, 1.807) is 51.7 Å². The number of anilines is 1. The Bertz CT molecular complexity index is 1970. The zero-order chi connectivity index (χ0) is 36.8. The number of amides is 1. The van der Waals surface area contributed by atoms with E-state index in [0.717, 1.165) is 37.8 Å². The minimum absolute atomic E-state index is 0.0670. The fourth-order valence-corrected chi connectivity index (χ4v) is 10.2. The van der Waals surface area contributed by atoms with Crippen molar-refractivity contribution in [2.45, 2.75) is 74.9 Å². The number of methoxy groups -OCH3 is 2. The SMILES string of the molecule is COC(OC)c1cncc([C@@]2(O)/C=C/C[C@H](C)[C@@H](C)S(=O)(=O)NC(=O)c3ccc4c(c3)N(C[C@@H]3CC[C@H]32)C[C@@]2(CCCc3cc(Cl)ccc32)CO4)c1. The highest BCUT2D eigenvalue weighted by Crippen LogP contribution is 2.51. The molecule has 12 heteroatoms. The van der Waals surface area contributed by atoms with Crippen LogP contribution < -0.4 is 14.4 Å². The van der Waals surface area contributed by atoms with Crippen LogP contribution in [0.15, 0.2) is 67.0 Å². The van der Waals surface area contributed by atoms with Crippen LogP contribution in [-0.4, -0.2) is 63.6 Å². The lowest BCUT2D eigenvalue weighted by Gasteiger charge is -2.49. The van der Waals surface area contributed by atoms with Crippen molar-refractivity contribution >= 4 is 33.2 Å². The molecule has 2 aliphatic carbocycles. The van der Waals surface area contributed by atoms with Gasteiger partial charge in [0, 0.05) is 72.7 Å². The molecule has 1 aromatic heterocycles. The number of carbonyl (C=O) groups excluding carboxylic acids is 1. The Hall–Kier alpha value is -3.48. The van der Waals surface area contributed by atoms with E-state index >= 15 is 0 Å². The summed E-state index contributed by atoms with van der Waals surface area (Å²) in [6.45, 7) is 5.09. The van der Waals surface area contributed by atoms with E-state index in [-0.39, 0.29) is 28.7 Å². The van der Waals surface area contributed by atoms with Crippen LogP contribution in [0.4, 0.5) is 5.69 Å². The molecule has 0 radical (unpaired) electrons. The first-order chi connectivity index (χ1) is 24.9. The summed E-state index contributed by atoms with van der Waals surface area (Å²) in [7, 11) is -0.919. The van der Waals surface area contributed by atoms with Gasteiger partial charge in [-0.15, -0.1) is 0 Å². The van der Waals surface area contributed by atoms with Crippen LogP contribution in [-0.2, 0) is 36.9 Å². The number of nitrogens with zero attached hydrogens (tertiary/aromatic N) is 2. The molecule has 0 unspecified atom stereocenters. The number of fused-ring (bicyclic) bond motifs is 4. The maximum atomic E-state index is 13.6. The molecule has 0 saturated heterocycles. The van der Waals surface area contributed by atoms with Crippen molar-refractivity contribution in [2.75, 3.05) is 38.8 Å². The average molecular weight is 750 g/mol. The van der Waals surface area contributed by atoms with E-state index < -0.39 is 33.1 Å². The van der Waals surface area contributed by atoms with Crippen molar-refractivity contribution in [2.24, 2.45) is 17.8 Å². The summed E-state index contributed by atoms with van der Waals surface area (Å²) in [5, 5.41) is 12.7. The van der Waals surface area contributed by atoms with Crippen molar-refractivity contribution < 1.29 is 32.5 Å². The molecule has 7 rings (SSSR count). The van der Waals surface area contributed by atoms with E-state index in [2.05, 4.69) is 26.7 Å². The zero-order valence-electron chi connectivity index (χ0n) is 30.2. The number of allylic oxidation sites excluding steroid dienone is 1. The lowest BCUT2D eigenvalue weighted by molar-refractivity contribution is -0.106. The average Bonchev–Trinajstić information content (AvgIpc) is 3.26. The molecule has 10 nitrogen and oxygen atoms in total. The van der Waals surface area contributed by atoms with Gasteiger partial charge in [-0.05, 0) is 105 Å². The highest BCUT2D eigenvalue weighted by Gasteiger charge is 2.49. The number of hydrogen-bond donors (Lipinski definition) is 2. The Labute approximate surface area is 311 Å². The molecule has 2 bridgehead atoms. The van der Waals surface area contributed by atoms with E-state index in [1.165, 1.54) is 11.1 Å². The summed E-state index contributed by atoms with van der Waals surface area (Å²) < 4.78 is 47.1. The summed E-state index contributed by atoms with van der Waals surface area (Å²) in [4.78, 5) is 20.4. The van der Waals surface area contributed by atoms with Gasteiger partial charge in [-0.2, -0.15) is 0 Å². The minimum atomic E-state index is -4.04. The summed E-state index contributed by atoms with van der Waals surface area (Å²) in [5.41, 5.74) is 2.94. The van der Waals surface area contributed by atoms with Crippen LogP contribution in [0.2, 0.25) is 5.02 Å². The van der Waals surface area contributed by atoms with E-state index in [1.807, 2.05) is 31.2 Å². The maximum absolute atomic E-state index is 13.6. The number of pyridine rings is 1. The number of rotatable bonds is 4. The van der Waals surface area contributed by atoms with Gasteiger partial charge in [0.15, 0.2) is 6.29 Å². The van der Waals surface area contributed by atoms with E-state index in [9.17, 15) is 18.3 Å². The molecule has 3 aromatic rings. The van der Waals surface area contributed by atoms with E-state index in [0.29, 0.717) is 48.0 Å². The molecular formula is C40H48ClN3O7S. The first-order valence-electron chi connectivity index (χ1n) is 18.1. The normalized spacial score (nSPS) is 30.7. The predicted octanol–water partition coefficient (Wildman–Crippen LogP) is 6.46. The van der Waals surface area contributed by atoms with Gasteiger partial charge in [-0.1, -0.05) is 36.7 Å². The predicted molar refractivity (Wildman–Crippen MR) is 200 cm³/mol. The van der Waals surface area contributed by atoms with Gasteiger partial charge in [0.1, 0.15) is 11.4 Å². The number of nitrogens with one attached hydrogen (secondary N) is 1. The van der Waals surface area contributed by atoms with Crippen LogP contribution in [0.3, 0.4) is 0 Å². The third-order valence-corrected chi connectivity index (χ3v) is 14.2. The number of hydrogen-bond acceptors (Lipinski definition) is 9. The van der Waals surface area contributed by atoms with Gasteiger partial charge < -0.3 is 24.2 Å². The largest absolute Gasteiger partial charge is 0.490 e. The lowest BCUT2D eigenvalue weighted by Crippen LogP contribution is -2.51. The number of aromatic nitrogens is 1. The molecule has 3 heterocycles. The van der Waals surface area contributed by atoms with Crippen LogP contribution in [0.25, 0.3) is 0 Å². The van der Waals surface area contributed by atoms with Crippen LogP contribution >= 0.6 is 11.6 Å². The quantitative estimate of drug-likeness (QED) is 0.228. The fraction of sp³-hybridized carbons (Fsp3) is 0.500. The van der Waals surface area contributed by atoms with Gasteiger partial charge in [-0.25, -0.2) is 13.1 Å². The third kappa shape index (κ3) is 6.75. The molecule has 1 fully saturated rings. The second-order valence-electron chi connectivity index (χ2n) is 15.2. The molecule has 2 aromatic carbocycles. The molecule has 52 heavy (non-hydrogen) atoms. The molecule has 6 atom stereocenters. The van der Waals surface area contributed by atoms with Crippen molar-refractivity contribution in [1.29, 1.82) is 0 Å². The van der Waals surface area contributed by atoms with Crippen molar-refractivity contribution in [3.8, 4) is 5.75 Å². The number of carbonyl (C=O) groups is 1. The van der Waals surface area contributed by atoms with Gasteiger partial charge in [0.2, 0.25) is 10.0 Å². The number of aryl methyl sites for hydroxylation is 1. The van der Waals surface area contributed by atoms with Crippen LogP contribution in [0, 0.1) is 17.8 Å². The van der Waals surface area contributed by atoms with Gasteiger partial charge >= 0.3 is 0 Å². The molecular weight excluding hydrogens is 702 g/mol.